The van der Waals surface area contributed by atoms with Gasteiger partial charge in [-0.05, 0) is 32.0 Å². The average molecular weight is 238 g/mol. The van der Waals surface area contributed by atoms with E-state index in [-0.39, 0.29) is 6.10 Å². The average Bonchev–Trinajstić information content (AvgIpc) is 2.34. The largest absolute Gasteiger partial charge is 0.493 e. The molecule has 1 rings (SSSR count). The van der Waals surface area contributed by atoms with Crippen LogP contribution in [0.5, 0.6) is 11.5 Å². The quantitative estimate of drug-likeness (QED) is 0.540. The molecule has 0 fully saturated rings. The topological polar surface area (TPSA) is 44.8 Å². The maximum atomic E-state index is 10.7. The Kier molecular flexibility index (Phi) is 5.49. The molecular formula is C13H18O4. The lowest BCUT2D eigenvalue weighted by molar-refractivity contribution is 0.0547. The molecule has 4 nitrogen and oxygen atoms in total. The Morgan fingerprint density at radius 2 is 2.00 bits per heavy atom. The van der Waals surface area contributed by atoms with Gasteiger partial charge >= 0.3 is 0 Å². The number of carbonyl (C=O) groups is 1. The van der Waals surface area contributed by atoms with Crippen LogP contribution in [0.3, 0.4) is 0 Å². The molecule has 0 saturated carbocycles. The van der Waals surface area contributed by atoms with E-state index >= 15 is 0 Å². The van der Waals surface area contributed by atoms with Crippen LogP contribution in [0.2, 0.25) is 0 Å². The van der Waals surface area contributed by atoms with E-state index in [0.717, 1.165) is 6.29 Å². The van der Waals surface area contributed by atoms with Gasteiger partial charge in [0.25, 0.3) is 0 Å². The fourth-order valence-corrected chi connectivity index (χ4v) is 1.31. The van der Waals surface area contributed by atoms with Gasteiger partial charge in [-0.1, -0.05) is 0 Å². The molecule has 17 heavy (non-hydrogen) atoms. The van der Waals surface area contributed by atoms with E-state index in [0.29, 0.717) is 30.3 Å². The fraction of sp³-hybridized carbons (Fsp3) is 0.462. The first-order valence-corrected chi connectivity index (χ1v) is 5.55. The Morgan fingerprint density at radius 1 is 1.24 bits per heavy atom. The van der Waals surface area contributed by atoms with E-state index in [1.165, 1.54) is 0 Å². The van der Waals surface area contributed by atoms with Crippen molar-refractivity contribution in [3.05, 3.63) is 23.8 Å². The number of hydrogen-bond donors (Lipinski definition) is 0. The van der Waals surface area contributed by atoms with Crippen molar-refractivity contribution >= 4 is 6.29 Å². The third kappa shape index (κ3) is 4.44. The van der Waals surface area contributed by atoms with Crippen LogP contribution >= 0.6 is 0 Å². The molecule has 0 bridgehead atoms. The summed E-state index contributed by atoms with van der Waals surface area (Å²) in [6.07, 6.45) is 0.957. The zero-order chi connectivity index (χ0) is 12.7. The van der Waals surface area contributed by atoms with Crippen molar-refractivity contribution in [2.45, 2.75) is 20.0 Å². The first kappa shape index (κ1) is 13.5. The molecule has 4 heteroatoms. The maximum Gasteiger partial charge on any atom is 0.161 e. The minimum atomic E-state index is 0.182. The Morgan fingerprint density at radius 3 is 2.59 bits per heavy atom. The van der Waals surface area contributed by atoms with Crippen molar-refractivity contribution in [3.63, 3.8) is 0 Å². The van der Waals surface area contributed by atoms with Crippen LogP contribution in [-0.2, 0) is 4.74 Å². The van der Waals surface area contributed by atoms with Crippen molar-refractivity contribution < 1.29 is 19.0 Å². The predicted molar refractivity (Wildman–Crippen MR) is 65.0 cm³/mol. The minimum Gasteiger partial charge on any atom is -0.493 e. The van der Waals surface area contributed by atoms with Gasteiger partial charge in [-0.2, -0.15) is 0 Å². The van der Waals surface area contributed by atoms with Crippen LogP contribution in [0.15, 0.2) is 18.2 Å². The van der Waals surface area contributed by atoms with Crippen molar-refractivity contribution in [3.8, 4) is 11.5 Å². The molecule has 0 aromatic heterocycles. The van der Waals surface area contributed by atoms with Gasteiger partial charge in [0, 0.05) is 5.56 Å². The highest BCUT2D eigenvalue weighted by Gasteiger charge is 2.05. The summed E-state index contributed by atoms with van der Waals surface area (Å²) in [5, 5.41) is 0. The summed E-state index contributed by atoms with van der Waals surface area (Å²) >= 11 is 0. The second-order valence-electron chi connectivity index (χ2n) is 3.80. The summed E-state index contributed by atoms with van der Waals surface area (Å²) in [5.74, 6) is 1.17. The Hall–Kier alpha value is -1.55. The number of aldehydes is 1. The molecule has 0 unspecified atom stereocenters. The van der Waals surface area contributed by atoms with E-state index in [2.05, 4.69) is 0 Å². The van der Waals surface area contributed by atoms with Gasteiger partial charge < -0.3 is 14.2 Å². The molecule has 1 aromatic rings. The van der Waals surface area contributed by atoms with Crippen molar-refractivity contribution in [1.82, 2.24) is 0 Å². The smallest absolute Gasteiger partial charge is 0.161 e. The van der Waals surface area contributed by atoms with Crippen LogP contribution in [0, 0.1) is 0 Å². The first-order valence-electron chi connectivity index (χ1n) is 5.55. The van der Waals surface area contributed by atoms with E-state index in [9.17, 15) is 4.79 Å². The molecule has 0 radical (unpaired) electrons. The molecule has 0 N–H and O–H groups in total. The number of hydrogen-bond acceptors (Lipinski definition) is 4. The van der Waals surface area contributed by atoms with E-state index in [1.54, 1.807) is 25.3 Å². The lowest BCUT2D eigenvalue weighted by atomic mass is 10.2. The highest BCUT2D eigenvalue weighted by Crippen LogP contribution is 2.27. The van der Waals surface area contributed by atoms with Crippen LogP contribution in [0.1, 0.15) is 24.2 Å². The van der Waals surface area contributed by atoms with E-state index in [1.807, 2.05) is 13.8 Å². The first-order chi connectivity index (χ1) is 8.17. The van der Waals surface area contributed by atoms with Gasteiger partial charge in [-0.15, -0.1) is 0 Å². The third-order valence-corrected chi connectivity index (χ3v) is 2.12. The van der Waals surface area contributed by atoms with Crippen molar-refractivity contribution in [2.24, 2.45) is 0 Å². The molecule has 0 aliphatic heterocycles. The van der Waals surface area contributed by atoms with Gasteiger partial charge in [-0.25, -0.2) is 0 Å². The predicted octanol–water partition coefficient (Wildman–Crippen LogP) is 2.31. The Labute approximate surface area is 101 Å². The molecule has 0 atom stereocenters. The summed E-state index contributed by atoms with van der Waals surface area (Å²) < 4.78 is 16.0. The van der Waals surface area contributed by atoms with E-state index in [4.69, 9.17) is 14.2 Å². The third-order valence-electron chi connectivity index (χ3n) is 2.12. The summed E-state index contributed by atoms with van der Waals surface area (Å²) in [7, 11) is 1.56. The SMILES string of the molecule is COc1ccc(C=O)cc1OCCOC(C)C. The fourth-order valence-electron chi connectivity index (χ4n) is 1.31. The normalized spacial score (nSPS) is 10.4. The Balaban J connectivity index is 2.58. The van der Waals surface area contributed by atoms with Gasteiger partial charge in [-0.3, -0.25) is 4.79 Å². The van der Waals surface area contributed by atoms with E-state index < -0.39 is 0 Å². The lowest BCUT2D eigenvalue weighted by Gasteiger charge is -2.12. The van der Waals surface area contributed by atoms with Crippen LogP contribution in [0.25, 0.3) is 0 Å². The van der Waals surface area contributed by atoms with Crippen LogP contribution in [0.4, 0.5) is 0 Å². The molecular weight excluding hydrogens is 220 g/mol. The Bertz CT molecular complexity index is 360. The number of ether oxygens (including phenoxy) is 3. The standard InChI is InChI=1S/C13H18O4/c1-10(2)16-6-7-17-13-8-11(9-14)4-5-12(13)15-3/h4-5,8-10H,6-7H2,1-3H3. The molecule has 0 spiro atoms. The number of benzene rings is 1. The molecule has 94 valence electrons. The number of rotatable bonds is 7. The molecule has 0 aliphatic carbocycles. The summed E-state index contributed by atoms with van der Waals surface area (Å²) in [5.41, 5.74) is 0.561. The van der Waals surface area contributed by atoms with Gasteiger partial charge in [0.15, 0.2) is 11.5 Å². The number of methoxy groups -OCH3 is 1. The maximum absolute atomic E-state index is 10.7. The molecule has 0 aliphatic rings. The summed E-state index contributed by atoms with van der Waals surface area (Å²) in [6, 6.07) is 5.05. The number of carbonyl (C=O) groups excluding carboxylic acids is 1. The van der Waals surface area contributed by atoms with Gasteiger partial charge in [0.2, 0.25) is 0 Å². The zero-order valence-corrected chi connectivity index (χ0v) is 10.4. The summed E-state index contributed by atoms with van der Waals surface area (Å²) in [6.45, 7) is 4.87. The van der Waals surface area contributed by atoms with Crippen molar-refractivity contribution in [2.75, 3.05) is 20.3 Å². The summed E-state index contributed by atoms with van der Waals surface area (Å²) in [4.78, 5) is 10.7. The monoisotopic (exact) mass is 238 g/mol. The van der Waals surface area contributed by atoms with Crippen LogP contribution in [-0.4, -0.2) is 32.7 Å². The van der Waals surface area contributed by atoms with Crippen LogP contribution < -0.4 is 9.47 Å². The second-order valence-corrected chi connectivity index (χ2v) is 3.80. The highest BCUT2D eigenvalue weighted by atomic mass is 16.5. The minimum absolute atomic E-state index is 0.182. The van der Waals surface area contributed by atoms with Gasteiger partial charge in [0.05, 0.1) is 19.8 Å². The zero-order valence-electron chi connectivity index (χ0n) is 10.4. The van der Waals surface area contributed by atoms with Crippen molar-refractivity contribution in [1.29, 1.82) is 0 Å². The lowest BCUT2D eigenvalue weighted by Crippen LogP contribution is -2.11. The molecule has 0 saturated heterocycles. The van der Waals surface area contributed by atoms with Gasteiger partial charge in [0.1, 0.15) is 12.9 Å². The second kappa shape index (κ2) is 6.91. The molecule has 0 heterocycles. The highest BCUT2D eigenvalue weighted by molar-refractivity contribution is 5.76. The molecule has 0 amide bonds. The molecule has 1 aromatic carbocycles.